The predicted molar refractivity (Wildman–Crippen MR) is 120 cm³/mol. The summed E-state index contributed by atoms with van der Waals surface area (Å²) in [6.07, 6.45) is 0.495. The van der Waals surface area contributed by atoms with Crippen molar-refractivity contribution in [1.29, 1.82) is 0 Å². The van der Waals surface area contributed by atoms with E-state index < -0.39 is 0 Å². The number of hydrogen-bond acceptors (Lipinski definition) is 4. The van der Waals surface area contributed by atoms with Crippen LogP contribution in [0.4, 0.5) is 5.69 Å². The van der Waals surface area contributed by atoms with Crippen LogP contribution in [0.2, 0.25) is 0 Å². The molecular weight excluding hydrogens is 390 g/mol. The van der Waals surface area contributed by atoms with E-state index in [1.807, 2.05) is 62.4 Å². The summed E-state index contributed by atoms with van der Waals surface area (Å²) in [4.78, 5) is 38.5. The van der Waals surface area contributed by atoms with Crippen molar-refractivity contribution < 1.29 is 19.1 Å². The molecule has 160 valence electrons. The van der Waals surface area contributed by atoms with E-state index in [9.17, 15) is 14.4 Å². The first-order valence-corrected chi connectivity index (χ1v) is 10.6. The number of anilines is 1. The molecule has 0 saturated carbocycles. The van der Waals surface area contributed by atoms with Gasteiger partial charge in [-0.2, -0.15) is 0 Å². The summed E-state index contributed by atoms with van der Waals surface area (Å²) in [5.41, 5.74) is 3.41. The molecule has 0 aliphatic carbocycles. The van der Waals surface area contributed by atoms with E-state index in [1.54, 1.807) is 4.90 Å². The molecule has 0 bridgehead atoms. The Morgan fingerprint density at radius 2 is 1.61 bits per heavy atom. The largest absolute Gasteiger partial charge is 0.373 e. The number of hydrogen-bond donors (Lipinski definition) is 0. The Balaban J connectivity index is 1.62. The van der Waals surface area contributed by atoms with Gasteiger partial charge in [-0.1, -0.05) is 56.0 Å². The Kier molecular flexibility index (Phi) is 7.75. The minimum Gasteiger partial charge on any atom is -0.373 e. The maximum absolute atomic E-state index is 13.1. The first kappa shape index (κ1) is 22.5. The number of benzene rings is 2. The SMILES string of the molecule is CC(C)C(=O)CCOCC(=O)CCC(=O)N1Cc2ccccc2C#Cc2ccccc21. The van der Waals surface area contributed by atoms with Crippen molar-refractivity contribution >= 4 is 23.2 Å². The fraction of sp³-hybridized carbons (Fsp3) is 0.346. The van der Waals surface area contributed by atoms with Crippen molar-refractivity contribution in [2.45, 2.75) is 39.7 Å². The molecule has 1 aliphatic rings. The van der Waals surface area contributed by atoms with Crippen molar-refractivity contribution in [1.82, 2.24) is 0 Å². The molecule has 3 rings (SSSR count). The second kappa shape index (κ2) is 10.7. The average molecular weight is 418 g/mol. The van der Waals surface area contributed by atoms with Crippen LogP contribution in [0.1, 0.15) is 49.8 Å². The summed E-state index contributed by atoms with van der Waals surface area (Å²) >= 11 is 0. The van der Waals surface area contributed by atoms with Gasteiger partial charge < -0.3 is 9.64 Å². The van der Waals surface area contributed by atoms with E-state index in [0.29, 0.717) is 13.0 Å². The maximum atomic E-state index is 13.1. The van der Waals surface area contributed by atoms with Crippen LogP contribution in [0.5, 0.6) is 0 Å². The van der Waals surface area contributed by atoms with Crippen LogP contribution in [0.25, 0.3) is 0 Å². The lowest BCUT2D eigenvalue weighted by Crippen LogP contribution is -2.32. The lowest BCUT2D eigenvalue weighted by Gasteiger charge is -2.26. The molecule has 5 heteroatoms. The third-order valence-corrected chi connectivity index (χ3v) is 5.19. The molecule has 0 N–H and O–H groups in total. The van der Waals surface area contributed by atoms with Gasteiger partial charge >= 0.3 is 0 Å². The van der Waals surface area contributed by atoms with Crippen LogP contribution >= 0.6 is 0 Å². The van der Waals surface area contributed by atoms with Crippen molar-refractivity contribution in [2.24, 2.45) is 5.92 Å². The van der Waals surface area contributed by atoms with E-state index in [0.717, 1.165) is 22.4 Å². The number of ether oxygens (including phenoxy) is 1. The molecule has 0 radical (unpaired) electrons. The third-order valence-electron chi connectivity index (χ3n) is 5.19. The van der Waals surface area contributed by atoms with Gasteiger partial charge in [0.15, 0.2) is 5.78 Å². The normalized spacial score (nSPS) is 12.2. The van der Waals surface area contributed by atoms with Gasteiger partial charge in [0.05, 0.1) is 18.8 Å². The van der Waals surface area contributed by atoms with Gasteiger partial charge in [0.1, 0.15) is 12.4 Å². The van der Waals surface area contributed by atoms with Crippen LogP contribution in [-0.4, -0.2) is 30.7 Å². The van der Waals surface area contributed by atoms with Gasteiger partial charge in [0.2, 0.25) is 5.91 Å². The van der Waals surface area contributed by atoms with Crippen LogP contribution in [-0.2, 0) is 25.7 Å². The number of para-hydroxylation sites is 1. The van der Waals surface area contributed by atoms with Crippen molar-refractivity contribution in [2.75, 3.05) is 18.1 Å². The second-order valence-electron chi connectivity index (χ2n) is 7.87. The highest BCUT2D eigenvalue weighted by molar-refractivity contribution is 5.97. The molecule has 2 aromatic carbocycles. The fourth-order valence-electron chi connectivity index (χ4n) is 3.31. The maximum Gasteiger partial charge on any atom is 0.227 e. The molecule has 1 heterocycles. The van der Waals surface area contributed by atoms with Gasteiger partial charge in [0, 0.05) is 36.3 Å². The number of ketones is 2. The van der Waals surface area contributed by atoms with Crippen molar-refractivity contribution in [3.8, 4) is 11.8 Å². The number of amides is 1. The summed E-state index contributed by atoms with van der Waals surface area (Å²) in [5.74, 6) is 6.16. The molecule has 0 spiro atoms. The predicted octanol–water partition coefficient (Wildman–Crippen LogP) is 3.91. The van der Waals surface area contributed by atoms with Crippen molar-refractivity contribution in [3.05, 3.63) is 65.2 Å². The highest BCUT2D eigenvalue weighted by atomic mass is 16.5. The molecule has 0 unspecified atom stereocenters. The second-order valence-corrected chi connectivity index (χ2v) is 7.87. The summed E-state index contributed by atoms with van der Waals surface area (Å²) in [6, 6.07) is 15.3. The lowest BCUT2D eigenvalue weighted by molar-refractivity contribution is -0.128. The molecule has 1 aliphatic heterocycles. The van der Waals surface area contributed by atoms with Crippen LogP contribution in [0, 0.1) is 17.8 Å². The molecule has 0 fully saturated rings. The van der Waals surface area contributed by atoms with E-state index >= 15 is 0 Å². The highest BCUT2D eigenvalue weighted by Gasteiger charge is 2.21. The molecule has 0 saturated heterocycles. The Morgan fingerprint density at radius 3 is 2.39 bits per heavy atom. The molecule has 0 atom stereocenters. The van der Waals surface area contributed by atoms with E-state index in [2.05, 4.69) is 11.8 Å². The van der Waals surface area contributed by atoms with Gasteiger partial charge in [-0.05, 0) is 23.8 Å². The minimum absolute atomic E-state index is 0.0348. The average Bonchev–Trinajstić information content (AvgIpc) is 2.76. The summed E-state index contributed by atoms with van der Waals surface area (Å²) in [6.45, 7) is 4.23. The lowest BCUT2D eigenvalue weighted by atomic mass is 10.0. The highest BCUT2D eigenvalue weighted by Crippen LogP contribution is 2.26. The molecule has 0 aromatic heterocycles. The Bertz CT molecular complexity index is 1030. The molecule has 5 nitrogen and oxygen atoms in total. The summed E-state index contributed by atoms with van der Waals surface area (Å²) in [5, 5.41) is 0. The summed E-state index contributed by atoms with van der Waals surface area (Å²) in [7, 11) is 0. The zero-order valence-electron chi connectivity index (χ0n) is 18.0. The van der Waals surface area contributed by atoms with Gasteiger partial charge in [-0.15, -0.1) is 0 Å². The van der Waals surface area contributed by atoms with E-state index in [4.69, 9.17) is 4.74 Å². The minimum atomic E-state index is -0.147. The van der Waals surface area contributed by atoms with Crippen LogP contribution in [0.15, 0.2) is 48.5 Å². The van der Waals surface area contributed by atoms with Gasteiger partial charge in [-0.3, -0.25) is 14.4 Å². The molecule has 2 aromatic rings. The topological polar surface area (TPSA) is 63.7 Å². The smallest absolute Gasteiger partial charge is 0.227 e. The van der Waals surface area contributed by atoms with Crippen LogP contribution in [0.3, 0.4) is 0 Å². The standard InChI is InChI=1S/C26H27NO4/c1-19(2)25(29)15-16-31-18-23(28)13-14-26(30)27-17-22-9-4-3-7-20(22)11-12-21-8-5-6-10-24(21)27/h3-10,19H,13-18H2,1-2H3. The van der Waals surface area contributed by atoms with Gasteiger partial charge in [0.25, 0.3) is 0 Å². The fourth-order valence-corrected chi connectivity index (χ4v) is 3.31. The third kappa shape index (κ3) is 6.13. The summed E-state index contributed by atoms with van der Waals surface area (Å²) < 4.78 is 5.32. The number of fused-ring (bicyclic) bond motifs is 2. The molecule has 1 amide bonds. The quantitative estimate of drug-likeness (QED) is 0.458. The van der Waals surface area contributed by atoms with Gasteiger partial charge in [-0.25, -0.2) is 0 Å². The number of nitrogens with zero attached hydrogens (tertiary/aromatic N) is 1. The Hall–Kier alpha value is -3.23. The number of Topliss-reactive ketones (excluding diaryl/α,β-unsaturated/α-hetero) is 2. The number of carbonyl (C=O) groups is 3. The zero-order valence-corrected chi connectivity index (χ0v) is 18.0. The first-order valence-electron chi connectivity index (χ1n) is 10.6. The first-order chi connectivity index (χ1) is 15.0. The van der Waals surface area contributed by atoms with Crippen LogP contribution < -0.4 is 4.90 Å². The Morgan fingerprint density at radius 1 is 0.935 bits per heavy atom. The van der Waals surface area contributed by atoms with E-state index in [1.165, 1.54) is 0 Å². The van der Waals surface area contributed by atoms with E-state index in [-0.39, 0.29) is 49.4 Å². The monoisotopic (exact) mass is 417 g/mol. The number of carbonyl (C=O) groups excluding carboxylic acids is 3. The molecular formula is C26H27NO4. The zero-order chi connectivity index (χ0) is 22.2. The molecule has 31 heavy (non-hydrogen) atoms. The number of rotatable bonds is 9. The van der Waals surface area contributed by atoms with Crippen molar-refractivity contribution in [3.63, 3.8) is 0 Å². The Labute approximate surface area is 183 Å².